The summed E-state index contributed by atoms with van der Waals surface area (Å²) in [5.74, 6) is 0.608. The number of unbranched alkanes of at least 4 members (excludes halogenated alkanes) is 6. The summed E-state index contributed by atoms with van der Waals surface area (Å²) in [5, 5.41) is 0. The molecule has 0 fully saturated rings. The molecule has 0 aliphatic rings. The van der Waals surface area contributed by atoms with Crippen LogP contribution < -0.4 is 0 Å². The highest BCUT2D eigenvalue weighted by Gasteiger charge is 2.18. The van der Waals surface area contributed by atoms with E-state index >= 15 is 0 Å². The van der Waals surface area contributed by atoms with Crippen LogP contribution in [0.5, 0.6) is 0 Å². The first-order chi connectivity index (χ1) is 8.63. The molecule has 0 unspecified atom stereocenters. The fourth-order valence-electron chi connectivity index (χ4n) is 2.39. The molecule has 0 spiro atoms. The van der Waals surface area contributed by atoms with Crippen molar-refractivity contribution in [2.75, 3.05) is 14.1 Å². The third-order valence-electron chi connectivity index (χ3n) is 3.60. The van der Waals surface area contributed by atoms with E-state index in [1.807, 2.05) is 14.1 Å². The molecular formula is C16H33NO. The summed E-state index contributed by atoms with van der Waals surface area (Å²) < 4.78 is 0. The van der Waals surface area contributed by atoms with Gasteiger partial charge in [-0.3, -0.25) is 4.79 Å². The fourth-order valence-corrected chi connectivity index (χ4v) is 2.39. The number of amides is 1. The lowest BCUT2D eigenvalue weighted by Gasteiger charge is -2.20. The highest BCUT2D eigenvalue weighted by atomic mass is 16.2. The molecule has 0 aromatic carbocycles. The second-order valence-corrected chi connectivity index (χ2v) is 5.63. The topological polar surface area (TPSA) is 20.3 Å². The van der Waals surface area contributed by atoms with Gasteiger partial charge in [0.1, 0.15) is 0 Å². The predicted octanol–water partition coefficient (Wildman–Crippen LogP) is 4.63. The molecule has 0 aromatic rings. The second kappa shape index (κ2) is 11.6. The van der Waals surface area contributed by atoms with Crippen LogP contribution in [0.3, 0.4) is 0 Å². The van der Waals surface area contributed by atoms with Crippen LogP contribution >= 0.6 is 0 Å². The Kier molecular flexibility index (Phi) is 11.2. The van der Waals surface area contributed by atoms with Crippen molar-refractivity contribution < 1.29 is 4.79 Å². The minimum Gasteiger partial charge on any atom is -0.349 e. The van der Waals surface area contributed by atoms with Crippen LogP contribution in [-0.2, 0) is 4.79 Å². The molecule has 18 heavy (non-hydrogen) atoms. The van der Waals surface area contributed by atoms with Crippen molar-refractivity contribution in [2.45, 2.75) is 78.1 Å². The minimum atomic E-state index is 0.272. The zero-order valence-electron chi connectivity index (χ0n) is 13.0. The highest BCUT2D eigenvalue weighted by Crippen LogP contribution is 2.20. The number of rotatable bonds is 11. The van der Waals surface area contributed by atoms with Gasteiger partial charge in [-0.15, -0.1) is 0 Å². The predicted molar refractivity (Wildman–Crippen MR) is 79.7 cm³/mol. The van der Waals surface area contributed by atoms with E-state index in [2.05, 4.69) is 13.8 Å². The standard InChI is InChI=1S/C16H33NO/c1-5-7-9-11-13-15(16(18)17(3)4)14-12-10-8-6-2/h15H,5-14H2,1-4H3. The van der Waals surface area contributed by atoms with Gasteiger partial charge in [0.15, 0.2) is 0 Å². The van der Waals surface area contributed by atoms with E-state index in [0.717, 1.165) is 12.8 Å². The summed E-state index contributed by atoms with van der Waals surface area (Å²) in [5.41, 5.74) is 0. The van der Waals surface area contributed by atoms with Crippen LogP contribution in [0.15, 0.2) is 0 Å². The molecule has 0 radical (unpaired) electrons. The molecule has 0 bridgehead atoms. The maximum atomic E-state index is 12.1. The molecule has 2 heteroatoms. The zero-order valence-corrected chi connectivity index (χ0v) is 13.0. The quantitative estimate of drug-likeness (QED) is 0.493. The third-order valence-corrected chi connectivity index (χ3v) is 3.60. The van der Waals surface area contributed by atoms with Gasteiger partial charge >= 0.3 is 0 Å². The lowest BCUT2D eigenvalue weighted by molar-refractivity contribution is -0.133. The molecule has 0 saturated carbocycles. The Labute approximate surface area is 114 Å². The Balaban J connectivity index is 3.96. The van der Waals surface area contributed by atoms with Crippen LogP contribution in [0.4, 0.5) is 0 Å². The molecule has 0 rings (SSSR count). The summed E-state index contributed by atoms with van der Waals surface area (Å²) >= 11 is 0. The van der Waals surface area contributed by atoms with E-state index in [0.29, 0.717) is 5.91 Å². The Morgan fingerprint density at radius 2 is 1.28 bits per heavy atom. The largest absolute Gasteiger partial charge is 0.349 e. The van der Waals surface area contributed by atoms with Crippen LogP contribution in [0, 0.1) is 5.92 Å². The molecule has 1 amide bonds. The monoisotopic (exact) mass is 255 g/mol. The summed E-state index contributed by atoms with van der Waals surface area (Å²) in [6.07, 6.45) is 12.3. The summed E-state index contributed by atoms with van der Waals surface area (Å²) in [6.45, 7) is 4.46. The number of hydrogen-bond acceptors (Lipinski definition) is 1. The van der Waals surface area contributed by atoms with Crippen molar-refractivity contribution in [1.82, 2.24) is 4.90 Å². The molecule has 0 atom stereocenters. The Morgan fingerprint density at radius 3 is 1.61 bits per heavy atom. The lowest BCUT2D eigenvalue weighted by atomic mass is 9.93. The Bertz CT molecular complexity index is 189. The Morgan fingerprint density at radius 1 is 0.833 bits per heavy atom. The van der Waals surface area contributed by atoms with E-state index in [1.54, 1.807) is 4.90 Å². The molecule has 2 nitrogen and oxygen atoms in total. The molecule has 0 heterocycles. The Hall–Kier alpha value is -0.530. The van der Waals surface area contributed by atoms with Crippen molar-refractivity contribution >= 4 is 5.91 Å². The van der Waals surface area contributed by atoms with Crippen molar-refractivity contribution in [1.29, 1.82) is 0 Å². The molecule has 0 aliphatic heterocycles. The van der Waals surface area contributed by atoms with E-state index in [4.69, 9.17) is 0 Å². The fraction of sp³-hybridized carbons (Fsp3) is 0.938. The molecular weight excluding hydrogens is 222 g/mol. The molecule has 108 valence electrons. The van der Waals surface area contributed by atoms with Gasteiger partial charge in [0.05, 0.1) is 0 Å². The van der Waals surface area contributed by atoms with Crippen LogP contribution in [-0.4, -0.2) is 24.9 Å². The van der Waals surface area contributed by atoms with Gasteiger partial charge in [0.25, 0.3) is 0 Å². The first-order valence-corrected chi connectivity index (χ1v) is 7.84. The maximum Gasteiger partial charge on any atom is 0.225 e. The molecule has 0 saturated heterocycles. The number of hydrogen-bond donors (Lipinski definition) is 0. The molecule has 0 N–H and O–H groups in total. The zero-order chi connectivity index (χ0) is 13.8. The summed E-state index contributed by atoms with van der Waals surface area (Å²) in [7, 11) is 3.76. The van der Waals surface area contributed by atoms with Gasteiger partial charge in [-0.2, -0.15) is 0 Å². The van der Waals surface area contributed by atoms with Gasteiger partial charge < -0.3 is 4.90 Å². The van der Waals surface area contributed by atoms with Gasteiger partial charge in [0, 0.05) is 20.0 Å². The minimum absolute atomic E-state index is 0.272. The highest BCUT2D eigenvalue weighted by molar-refractivity contribution is 5.78. The first kappa shape index (κ1) is 17.5. The van der Waals surface area contributed by atoms with Crippen molar-refractivity contribution in [2.24, 2.45) is 5.92 Å². The van der Waals surface area contributed by atoms with Crippen LogP contribution in [0.25, 0.3) is 0 Å². The van der Waals surface area contributed by atoms with Crippen molar-refractivity contribution in [3.63, 3.8) is 0 Å². The van der Waals surface area contributed by atoms with Gasteiger partial charge in [-0.25, -0.2) is 0 Å². The first-order valence-electron chi connectivity index (χ1n) is 7.84. The van der Waals surface area contributed by atoms with Crippen LogP contribution in [0.2, 0.25) is 0 Å². The van der Waals surface area contributed by atoms with Gasteiger partial charge in [0.2, 0.25) is 5.91 Å². The second-order valence-electron chi connectivity index (χ2n) is 5.63. The normalized spacial score (nSPS) is 10.9. The summed E-state index contributed by atoms with van der Waals surface area (Å²) in [6, 6.07) is 0. The number of nitrogens with zero attached hydrogens (tertiary/aromatic N) is 1. The average Bonchev–Trinajstić information content (AvgIpc) is 2.36. The van der Waals surface area contributed by atoms with E-state index in [9.17, 15) is 4.79 Å². The smallest absolute Gasteiger partial charge is 0.225 e. The number of carbonyl (C=O) groups excluding carboxylic acids is 1. The van der Waals surface area contributed by atoms with Crippen LogP contribution in [0.1, 0.15) is 78.1 Å². The van der Waals surface area contributed by atoms with Gasteiger partial charge in [-0.1, -0.05) is 65.2 Å². The van der Waals surface area contributed by atoms with E-state index < -0.39 is 0 Å². The molecule has 0 aliphatic carbocycles. The maximum absolute atomic E-state index is 12.1. The van der Waals surface area contributed by atoms with Crippen molar-refractivity contribution in [3.05, 3.63) is 0 Å². The molecule has 0 aromatic heterocycles. The van der Waals surface area contributed by atoms with Crippen molar-refractivity contribution in [3.8, 4) is 0 Å². The number of carbonyl (C=O) groups is 1. The summed E-state index contributed by atoms with van der Waals surface area (Å²) in [4.78, 5) is 13.9. The van der Waals surface area contributed by atoms with Gasteiger partial charge in [-0.05, 0) is 12.8 Å². The van der Waals surface area contributed by atoms with E-state index in [-0.39, 0.29) is 5.92 Å². The average molecular weight is 255 g/mol. The third kappa shape index (κ3) is 8.54. The SMILES string of the molecule is CCCCCCC(CCCCCC)C(=O)N(C)C. The van der Waals surface area contributed by atoms with E-state index in [1.165, 1.54) is 51.4 Å². The lowest BCUT2D eigenvalue weighted by Crippen LogP contribution is -2.29.